The molecule has 134 valence electrons. The van der Waals surface area contributed by atoms with E-state index in [-0.39, 0.29) is 0 Å². The molecule has 1 fully saturated rings. The molecule has 3 atom stereocenters. The van der Waals surface area contributed by atoms with E-state index in [1.54, 1.807) is 0 Å². The van der Waals surface area contributed by atoms with E-state index in [4.69, 9.17) is 4.74 Å². The molecule has 1 saturated heterocycles. The highest BCUT2D eigenvalue weighted by Crippen LogP contribution is 2.46. The smallest absolute Gasteiger partial charge is 0.0892 e. The summed E-state index contributed by atoms with van der Waals surface area (Å²) in [5.41, 5.74) is 4.24. The molecule has 2 heterocycles. The lowest BCUT2D eigenvalue weighted by molar-refractivity contribution is -0.0444. The van der Waals surface area contributed by atoms with Crippen LogP contribution in [0, 0.1) is 11.8 Å². The Kier molecular flexibility index (Phi) is 6.21. The third-order valence-electron chi connectivity index (χ3n) is 6.20. The van der Waals surface area contributed by atoms with Gasteiger partial charge in [-0.3, -0.25) is 0 Å². The van der Waals surface area contributed by atoms with Crippen LogP contribution in [-0.2, 0) is 11.2 Å². The van der Waals surface area contributed by atoms with Gasteiger partial charge in [0.05, 0.1) is 6.10 Å². The predicted molar refractivity (Wildman–Crippen MR) is 103 cm³/mol. The third-order valence-corrected chi connectivity index (χ3v) is 6.20. The highest BCUT2D eigenvalue weighted by Gasteiger charge is 2.41. The molecule has 0 aliphatic carbocycles. The van der Waals surface area contributed by atoms with Gasteiger partial charge >= 0.3 is 0 Å². The Morgan fingerprint density at radius 1 is 1.17 bits per heavy atom. The summed E-state index contributed by atoms with van der Waals surface area (Å²) in [6.07, 6.45) is 10.5. The Hall–Kier alpha value is -1.02. The van der Waals surface area contributed by atoms with E-state index in [0.29, 0.717) is 18.1 Å². The maximum absolute atomic E-state index is 6.32. The van der Waals surface area contributed by atoms with Gasteiger partial charge in [0.2, 0.25) is 0 Å². The molecule has 0 radical (unpaired) electrons. The number of ether oxygens (including phenoxy) is 1. The summed E-state index contributed by atoms with van der Waals surface area (Å²) >= 11 is 0. The van der Waals surface area contributed by atoms with Gasteiger partial charge in [0.1, 0.15) is 0 Å². The molecule has 0 saturated carbocycles. The topological polar surface area (TPSA) is 21.3 Å². The van der Waals surface area contributed by atoms with Crippen LogP contribution in [0.1, 0.15) is 82.9 Å². The summed E-state index contributed by atoms with van der Waals surface area (Å²) in [5, 5.41) is 3.91. The number of nitrogens with one attached hydrogen (secondary N) is 1. The van der Waals surface area contributed by atoms with Crippen molar-refractivity contribution in [3.8, 4) is 0 Å². The zero-order valence-corrected chi connectivity index (χ0v) is 15.8. The van der Waals surface area contributed by atoms with Crippen LogP contribution in [0.5, 0.6) is 0 Å². The van der Waals surface area contributed by atoms with Crippen molar-refractivity contribution < 1.29 is 4.74 Å². The summed E-state index contributed by atoms with van der Waals surface area (Å²) in [4.78, 5) is 0. The molecule has 3 rings (SSSR count). The Bertz CT molecular complexity index is 523. The number of aryl methyl sites for hydroxylation is 1. The monoisotopic (exact) mass is 329 g/mol. The van der Waals surface area contributed by atoms with E-state index in [0.717, 1.165) is 12.5 Å². The van der Waals surface area contributed by atoms with Crippen molar-refractivity contribution in [1.29, 1.82) is 0 Å². The van der Waals surface area contributed by atoms with Crippen molar-refractivity contribution in [2.45, 2.75) is 84.3 Å². The van der Waals surface area contributed by atoms with Crippen LogP contribution in [0.25, 0.3) is 0 Å². The van der Waals surface area contributed by atoms with Gasteiger partial charge in [-0.15, -0.1) is 0 Å². The van der Waals surface area contributed by atoms with Gasteiger partial charge in [0.25, 0.3) is 0 Å². The summed E-state index contributed by atoms with van der Waals surface area (Å²) in [6, 6.07) is 7.66. The maximum Gasteiger partial charge on any atom is 0.0892 e. The largest absolute Gasteiger partial charge is 0.381 e. The summed E-state index contributed by atoms with van der Waals surface area (Å²) in [5.74, 6) is 1.39. The quantitative estimate of drug-likeness (QED) is 0.609. The second-order valence-electron chi connectivity index (χ2n) is 7.72. The number of hydrogen-bond acceptors (Lipinski definition) is 2. The number of rotatable bonds is 7. The van der Waals surface area contributed by atoms with E-state index >= 15 is 0 Å². The van der Waals surface area contributed by atoms with Crippen LogP contribution in [0.15, 0.2) is 18.2 Å². The minimum atomic E-state index is 0.312. The SMILES string of the molecule is CCCCCc1ccc2c(c1)[C@H]1OCCC[C@H]1[C@H](C(CC)CC)N2. The molecular weight excluding hydrogens is 294 g/mol. The van der Waals surface area contributed by atoms with Crippen LogP contribution in [0.2, 0.25) is 0 Å². The van der Waals surface area contributed by atoms with Crippen molar-refractivity contribution in [1.82, 2.24) is 0 Å². The van der Waals surface area contributed by atoms with Crippen molar-refractivity contribution >= 4 is 5.69 Å². The number of benzene rings is 1. The average molecular weight is 330 g/mol. The minimum Gasteiger partial charge on any atom is -0.381 e. The Morgan fingerprint density at radius 3 is 2.75 bits per heavy atom. The normalized spacial score (nSPS) is 25.9. The molecule has 0 unspecified atom stereocenters. The van der Waals surface area contributed by atoms with Gasteiger partial charge in [-0.2, -0.15) is 0 Å². The van der Waals surface area contributed by atoms with Crippen LogP contribution in [0.3, 0.4) is 0 Å². The first kappa shape index (κ1) is 17.8. The summed E-state index contributed by atoms with van der Waals surface area (Å²) in [6.45, 7) is 7.87. The maximum atomic E-state index is 6.32. The van der Waals surface area contributed by atoms with Crippen molar-refractivity contribution in [3.05, 3.63) is 29.3 Å². The van der Waals surface area contributed by atoms with Crippen molar-refractivity contribution in [2.75, 3.05) is 11.9 Å². The van der Waals surface area contributed by atoms with Gasteiger partial charge in [-0.05, 0) is 43.2 Å². The Labute approximate surface area is 148 Å². The minimum absolute atomic E-state index is 0.312. The number of anilines is 1. The zero-order chi connectivity index (χ0) is 16.9. The van der Waals surface area contributed by atoms with E-state index in [1.807, 2.05) is 0 Å². The molecule has 1 aromatic rings. The van der Waals surface area contributed by atoms with Gasteiger partial charge < -0.3 is 10.1 Å². The van der Waals surface area contributed by atoms with Crippen LogP contribution >= 0.6 is 0 Å². The van der Waals surface area contributed by atoms with Crippen LogP contribution in [-0.4, -0.2) is 12.6 Å². The van der Waals surface area contributed by atoms with Crippen LogP contribution < -0.4 is 5.32 Å². The molecule has 0 amide bonds. The van der Waals surface area contributed by atoms with Crippen molar-refractivity contribution in [2.24, 2.45) is 11.8 Å². The van der Waals surface area contributed by atoms with E-state index in [2.05, 4.69) is 44.3 Å². The first-order valence-electron chi connectivity index (χ1n) is 10.3. The highest BCUT2D eigenvalue weighted by molar-refractivity contribution is 5.57. The van der Waals surface area contributed by atoms with Crippen molar-refractivity contribution in [3.63, 3.8) is 0 Å². The summed E-state index contributed by atoms with van der Waals surface area (Å²) < 4.78 is 6.32. The van der Waals surface area contributed by atoms with E-state index in [9.17, 15) is 0 Å². The molecule has 2 aliphatic rings. The predicted octanol–water partition coefficient (Wildman–Crippen LogP) is 6.12. The first-order valence-corrected chi connectivity index (χ1v) is 10.3. The van der Waals surface area contributed by atoms with E-state index in [1.165, 1.54) is 68.2 Å². The van der Waals surface area contributed by atoms with Crippen LogP contribution in [0.4, 0.5) is 5.69 Å². The first-order chi connectivity index (χ1) is 11.8. The van der Waals surface area contributed by atoms with Gasteiger partial charge in [0.15, 0.2) is 0 Å². The fourth-order valence-electron chi connectivity index (χ4n) is 4.76. The number of fused-ring (bicyclic) bond motifs is 3. The van der Waals surface area contributed by atoms with Gasteiger partial charge in [-0.1, -0.05) is 58.6 Å². The van der Waals surface area contributed by atoms with E-state index < -0.39 is 0 Å². The van der Waals surface area contributed by atoms with Gasteiger partial charge in [0, 0.05) is 29.8 Å². The fourth-order valence-corrected chi connectivity index (χ4v) is 4.76. The molecule has 2 aliphatic heterocycles. The summed E-state index contributed by atoms with van der Waals surface area (Å²) in [7, 11) is 0. The Balaban J connectivity index is 1.85. The standard InChI is InChI=1S/C22H35NO/c1-4-7-8-10-16-12-13-20-19(15-16)22-18(11-9-14-24-22)21(23-20)17(5-2)6-3/h12-13,15,17-18,21-23H,4-11,14H2,1-3H3/t18-,21-,22-/m0/s1. The second-order valence-corrected chi connectivity index (χ2v) is 7.72. The zero-order valence-electron chi connectivity index (χ0n) is 15.8. The fraction of sp³-hybridized carbons (Fsp3) is 0.727. The lowest BCUT2D eigenvalue weighted by Crippen LogP contribution is -2.45. The molecule has 24 heavy (non-hydrogen) atoms. The number of unbranched alkanes of at least 4 members (excludes halogenated alkanes) is 2. The molecule has 1 N–H and O–H groups in total. The average Bonchev–Trinajstić information content (AvgIpc) is 2.63. The lowest BCUT2D eigenvalue weighted by Gasteiger charge is -2.46. The molecule has 2 nitrogen and oxygen atoms in total. The highest BCUT2D eigenvalue weighted by atomic mass is 16.5. The number of hydrogen-bond donors (Lipinski definition) is 1. The molecular formula is C22H35NO. The molecule has 0 aromatic heterocycles. The molecule has 1 aromatic carbocycles. The van der Waals surface area contributed by atoms with Gasteiger partial charge in [-0.25, -0.2) is 0 Å². The second kappa shape index (κ2) is 8.38. The molecule has 0 spiro atoms. The lowest BCUT2D eigenvalue weighted by atomic mass is 9.73. The molecule has 2 heteroatoms. The molecule has 0 bridgehead atoms. The Morgan fingerprint density at radius 2 is 2.00 bits per heavy atom. The third kappa shape index (κ3) is 3.64.